The Bertz CT molecular complexity index is 760. The van der Waals surface area contributed by atoms with Crippen LogP contribution in [0.3, 0.4) is 0 Å². The van der Waals surface area contributed by atoms with E-state index < -0.39 is 0 Å². The minimum Gasteiger partial charge on any atom is -0.357 e. The van der Waals surface area contributed by atoms with E-state index in [0.29, 0.717) is 13.1 Å². The number of nitrogens with zero attached hydrogens (tertiary/aromatic N) is 4. The summed E-state index contributed by atoms with van der Waals surface area (Å²) < 4.78 is 13.1. The highest BCUT2D eigenvalue weighted by Gasteiger charge is 2.13. The number of pyridine rings is 1. The molecule has 28 heavy (non-hydrogen) atoms. The Morgan fingerprint density at radius 3 is 2.57 bits per heavy atom. The molecule has 2 heterocycles. The molecule has 0 atom stereocenters. The molecule has 0 aliphatic carbocycles. The summed E-state index contributed by atoms with van der Waals surface area (Å²) in [4.78, 5) is 13.7. The molecule has 152 valence electrons. The lowest BCUT2D eigenvalue weighted by Gasteiger charge is -2.22. The van der Waals surface area contributed by atoms with Crippen molar-refractivity contribution < 1.29 is 4.39 Å². The maximum Gasteiger partial charge on any atom is 0.194 e. The molecule has 0 unspecified atom stereocenters. The van der Waals surface area contributed by atoms with Gasteiger partial charge in [0.05, 0.1) is 6.54 Å². The second kappa shape index (κ2) is 11.2. The van der Waals surface area contributed by atoms with Gasteiger partial charge in [0.2, 0.25) is 0 Å². The highest BCUT2D eigenvalue weighted by atomic mass is 127. The number of rotatable bonds is 6. The SMILES string of the molecule is CCNC(=NCc1ccnc(N2CCCC2)c1)N(C)Cc1ccc(F)cc1.I. The van der Waals surface area contributed by atoms with E-state index in [1.165, 1.54) is 25.0 Å². The second-order valence-corrected chi connectivity index (χ2v) is 6.87. The first-order chi connectivity index (χ1) is 13.2. The van der Waals surface area contributed by atoms with Gasteiger partial charge in [-0.1, -0.05) is 12.1 Å². The summed E-state index contributed by atoms with van der Waals surface area (Å²) in [5.74, 6) is 1.67. The van der Waals surface area contributed by atoms with Crippen LogP contribution in [0.25, 0.3) is 0 Å². The van der Waals surface area contributed by atoms with Crippen molar-refractivity contribution in [1.82, 2.24) is 15.2 Å². The van der Waals surface area contributed by atoms with Crippen LogP contribution in [0.1, 0.15) is 30.9 Å². The van der Waals surface area contributed by atoms with E-state index in [0.717, 1.165) is 42.5 Å². The van der Waals surface area contributed by atoms with Gasteiger partial charge in [0.1, 0.15) is 11.6 Å². The number of hydrogen-bond acceptors (Lipinski definition) is 3. The quantitative estimate of drug-likeness (QED) is 0.372. The molecular formula is C21H29FIN5. The van der Waals surface area contributed by atoms with Crippen molar-refractivity contribution in [3.63, 3.8) is 0 Å². The zero-order valence-electron chi connectivity index (χ0n) is 16.6. The van der Waals surface area contributed by atoms with E-state index in [2.05, 4.69) is 33.1 Å². The molecule has 0 radical (unpaired) electrons. The molecule has 0 amide bonds. The minimum absolute atomic E-state index is 0. The maximum atomic E-state index is 13.1. The summed E-state index contributed by atoms with van der Waals surface area (Å²) in [7, 11) is 1.99. The summed E-state index contributed by atoms with van der Waals surface area (Å²) >= 11 is 0. The number of nitrogens with one attached hydrogen (secondary N) is 1. The fourth-order valence-corrected chi connectivity index (χ4v) is 3.25. The molecule has 5 nitrogen and oxygen atoms in total. The van der Waals surface area contributed by atoms with Gasteiger partial charge >= 0.3 is 0 Å². The van der Waals surface area contributed by atoms with Gasteiger partial charge in [0, 0.05) is 39.4 Å². The summed E-state index contributed by atoms with van der Waals surface area (Å²) in [5, 5.41) is 3.33. The highest BCUT2D eigenvalue weighted by molar-refractivity contribution is 14.0. The van der Waals surface area contributed by atoms with Crippen molar-refractivity contribution in [3.05, 3.63) is 59.5 Å². The number of hydrogen-bond donors (Lipinski definition) is 1. The number of halogens is 2. The molecule has 7 heteroatoms. The molecule has 3 rings (SSSR count). The van der Waals surface area contributed by atoms with Crippen LogP contribution in [-0.4, -0.2) is 42.5 Å². The van der Waals surface area contributed by atoms with E-state index in [1.54, 1.807) is 12.1 Å². The Hall–Kier alpha value is -1.90. The van der Waals surface area contributed by atoms with Crippen molar-refractivity contribution in [3.8, 4) is 0 Å². The average Bonchev–Trinajstić information content (AvgIpc) is 3.22. The van der Waals surface area contributed by atoms with Gasteiger partial charge in [-0.3, -0.25) is 0 Å². The Morgan fingerprint density at radius 1 is 1.18 bits per heavy atom. The highest BCUT2D eigenvalue weighted by Crippen LogP contribution is 2.19. The second-order valence-electron chi connectivity index (χ2n) is 6.87. The largest absolute Gasteiger partial charge is 0.357 e. The molecule has 2 aromatic rings. The van der Waals surface area contributed by atoms with Gasteiger partial charge < -0.3 is 15.1 Å². The van der Waals surface area contributed by atoms with Crippen LogP contribution >= 0.6 is 24.0 Å². The smallest absolute Gasteiger partial charge is 0.194 e. The van der Waals surface area contributed by atoms with Crippen molar-refractivity contribution >= 4 is 35.8 Å². The van der Waals surface area contributed by atoms with E-state index in [1.807, 2.05) is 19.3 Å². The van der Waals surface area contributed by atoms with Crippen LogP contribution in [0.5, 0.6) is 0 Å². The van der Waals surface area contributed by atoms with E-state index in [-0.39, 0.29) is 29.8 Å². The lowest BCUT2D eigenvalue weighted by atomic mass is 10.2. The molecule has 1 aliphatic rings. The fourth-order valence-electron chi connectivity index (χ4n) is 3.25. The van der Waals surface area contributed by atoms with Crippen molar-refractivity contribution in [2.45, 2.75) is 32.9 Å². The number of benzene rings is 1. The first kappa shape index (κ1) is 22.4. The summed E-state index contributed by atoms with van der Waals surface area (Å²) in [5.41, 5.74) is 2.20. The van der Waals surface area contributed by atoms with Crippen molar-refractivity contribution in [2.75, 3.05) is 31.6 Å². The van der Waals surface area contributed by atoms with E-state index in [9.17, 15) is 4.39 Å². The van der Waals surface area contributed by atoms with Gasteiger partial charge in [0.25, 0.3) is 0 Å². The molecule has 1 saturated heterocycles. The number of guanidine groups is 1. The van der Waals surface area contributed by atoms with Crippen LogP contribution in [-0.2, 0) is 13.1 Å². The minimum atomic E-state index is -0.214. The van der Waals surface area contributed by atoms with Crippen molar-refractivity contribution in [1.29, 1.82) is 0 Å². The van der Waals surface area contributed by atoms with Gasteiger partial charge in [-0.15, -0.1) is 24.0 Å². The molecule has 0 bridgehead atoms. The predicted molar refractivity (Wildman–Crippen MR) is 124 cm³/mol. The van der Waals surface area contributed by atoms with E-state index in [4.69, 9.17) is 4.99 Å². The Morgan fingerprint density at radius 2 is 1.89 bits per heavy atom. The maximum absolute atomic E-state index is 13.1. The lowest BCUT2D eigenvalue weighted by Crippen LogP contribution is -2.38. The van der Waals surface area contributed by atoms with Gasteiger partial charge in [-0.05, 0) is 55.2 Å². The molecule has 0 spiro atoms. The first-order valence-corrected chi connectivity index (χ1v) is 9.59. The Balaban J connectivity index is 0.00000280. The summed E-state index contributed by atoms with van der Waals surface area (Å²) in [6, 6.07) is 10.8. The molecular weight excluding hydrogens is 468 g/mol. The average molecular weight is 497 g/mol. The topological polar surface area (TPSA) is 43.8 Å². The van der Waals surface area contributed by atoms with Crippen LogP contribution < -0.4 is 10.2 Å². The fraction of sp³-hybridized carbons (Fsp3) is 0.429. The molecule has 1 fully saturated rings. The third kappa shape index (κ3) is 6.32. The summed E-state index contributed by atoms with van der Waals surface area (Å²) in [6.45, 7) is 6.29. The third-order valence-electron chi connectivity index (χ3n) is 4.68. The van der Waals surface area contributed by atoms with E-state index >= 15 is 0 Å². The molecule has 1 N–H and O–H groups in total. The number of aromatic nitrogens is 1. The van der Waals surface area contributed by atoms with Gasteiger partial charge in [-0.2, -0.15) is 0 Å². The zero-order chi connectivity index (χ0) is 19.1. The summed E-state index contributed by atoms with van der Waals surface area (Å²) in [6.07, 6.45) is 4.35. The van der Waals surface area contributed by atoms with Gasteiger partial charge in [-0.25, -0.2) is 14.4 Å². The third-order valence-corrected chi connectivity index (χ3v) is 4.68. The monoisotopic (exact) mass is 497 g/mol. The number of anilines is 1. The van der Waals surface area contributed by atoms with Gasteiger partial charge in [0.15, 0.2) is 5.96 Å². The van der Waals surface area contributed by atoms with Crippen molar-refractivity contribution in [2.24, 2.45) is 4.99 Å². The van der Waals surface area contributed by atoms with Crippen LogP contribution in [0, 0.1) is 5.82 Å². The molecule has 1 aliphatic heterocycles. The van der Waals surface area contributed by atoms with Crippen LogP contribution in [0.15, 0.2) is 47.6 Å². The molecule has 0 saturated carbocycles. The predicted octanol–water partition coefficient (Wildman–Crippen LogP) is 4.04. The Kier molecular flexibility index (Phi) is 8.95. The van der Waals surface area contributed by atoms with Crippen LogP contribution in [0.4, 0.5) is 10.2 Å². The first-order valence-electron chi connectivity index (χ1n) is 9.59. The standard InChI is InChI=1S/C21H28FN5.HI/c1-3-23-21(26(2)16-17-6-8-19(22)9-7-17)25-15-18-10-11-24-20(14-18)27-12-4-5-13-27;/h6-11,14H,3-5,12-13,15-16H2,1-2H3,(H,23,25);1H. The Labute approximate surface area is 184 Å². The zero-order valence-corrected chi connectivity index (χ0v) is 18.9. The normalized spacial score (nSPS) is 14.0. The van der Waals surface area contributed by atoms with Crippen LogP contribution in [0.2, 0.25) is 0 Å². The number of aliphatic imine (C=N–C) groups is 1. The molecule has 1 aromatic carbocycles. The lowest BCUT2D eigenvalue weighted by molar-refractivity contribution is 0.476. The molecule has 1 aromatic heterocycles.